The summed E-state index contributed by atoms with van der Waals surface area (Å²) in [7, 11) is 3.10. The predicted octanol–water partition coefficient (Wildman–Crippen LogP) is 5.40. The molecule has 0 spiro atoms. The Morgan fingerprint density at radius 3 is 2.43 bits per heavy atom. The number of nitrogens with zero attached hydrogens (tertiary/aromatic N) is 1. The second-order valence-electron chi connectivity index (χ2n) is 9.04. The molecule has 0 bridgehead atoms. The highest BCUT2D eigenvalue weighted by molar-refractivity contribution is 6.31. The van der Waals surface area contributed by atoms with Crippen LogP contribution in [-0.2, 0) is 16.0 Å². The molecule has 0 heterocycles. The molecule has 2 aromatic carbocycles. The van der Waals surface area contributed by atoms with Crippen molar-refractivity contribution in [3.63, 3.8) is 0 Å². The first kappa shape index (κ1) is 27.2. The summed E-state index contributed by atoms with van der Waals surface area (Å²) in [6.07, 6.45) is 4.43. The maximum atomic E-state index is 13.8. The van der Waals surface area contributed by atoms with Crippen LogP contribution in [0, 0.1) is 5.92 Å². The van der Waals surface area contributed by atoms with E-state index in [1.807, 2.05) is 24.3 Å². The van der Waals surface area contributed by atoms with Crippen LogP contribution in [0.15, 0.2) is 42.5 Å². The van der Waals surface area contributed by atoms with E-state index in [9.17, 15) is 9.59 Å². The van der Waals surface area contributed by atoms with Crippen LogP contribution in [0.5, 0.6) is 11.5 Å². The lowest BCUT2D eigenvalue weighted by atomic mass is 9.87. The number of hydrogen-bond acceptors (Lipinski definition) is 4. The Morgan fingerprint density at radius 1 is 1.09 bits per heavy atom. The molecule has 1 unspecified atom stereocenters. The molecule has 1 atom stereocenters. The van der Waals surface area contributed by atoms with E-state index in [1.54, 1.807) is 32.4 Å². The fourth-order valence-corrected chi connectivity index (χ4v) is 4.99. The largest absolute Gasteiger partial charge is 0.497 e. The third-order valence-electron chi connectivity index (χ3n) is 6.67. The highest BCUT2D eigenvalue weighted by Crippen LogP contribution is 2.34. The molecule has 6 nitrogen and oxygen atoms in total. The third kappa shape index (κ3) is 7.05. The second-order valence-corrected chi connectivity index (χ2v) is 9.71. The number of carbonyl (C=O) groups excluding carboxylic acids is 2. The number of amides is 2. The highest BCUT2D eigenvalue weighted by Gasteiger charge is 2.35. The summed E-state index contributed by atoms with van der Waals surface area (Å²) in [6, 6.07) is 11.9. The van der Waals surface area contributed by atoms with Crippen molar-refractivity contribution in [1.29, 1.82) is 0 Å². The molecule has 3 rings (SSSR count). The molecule has 1 saturated carbocycles. The molecule has 2 aromatic rings. The molecular weight excluding hydrogens is 487 g/mol. The number of halogens is 2. The van der Waals surface area contributed by atoms with Gasteiger partial charge in [-0.1, -0.05) is 36.7 Å². The Balaban J connectivity index is 1.99. The van der Waals surface area contributed by atoms with Crippen LogP contribution in [0.2, 0.25) is 5.02 Å². The summed E-state index contributed by atoms with van der Waals surface area (Å²) >= 11 is 12.4. The molecule has 2 amide bonds. The number of benzene rings is 2. The predicted molar refractivity (Wildman–Crippen MR) is 139 cm³/mol. The van der Waals surface area contributed by atoms with Crippen LogP contribution in [0.25, 0.3) is 0 Å². The molecule has 35 heavy (non-hydrogen) atoms. The summed E-state index contributed by atoms with van der Waals surface area (Å²) in [5.41, 5.74) is 1.44. The number of carbonyl (C=O) groups is 2. The van der Waals surface area contributed by atoms with E-state index >= 15 is 0 Å². The molecule has 190 valence electrons. The van der Waals surface area contributed by atoms with E-state index in [0.29, 0.717) is 34.4 Å². The highest BCUT2D eigenvalue weighted by atomic mass is 35.5. The van der Waals surface area contributed by atoms with E-state index in [2.05, 4.69) is 12.2 Å². The van der Waals surface area contributed by atoms with E-state index in [4.69, 9.17) is 32.7 Å². The fourth-order valence-electron chi connectivity index (χ4n) is 4.60. The van der Waals surface area contributed by atoms with Crippen molar-refractivity contribution in [3.8, 4) is 11.5 Å². The minimum absolute atomic E-state index is 0.0642. The maximum absolute atomic E-state index is 13.8. The Morgan fingerprint density at radius 2 is 1.80 bits per heavy atom. The van der Waals surface area contributed by atoms with Crippen molar-refractivity contribution in [3.05, 3.63) is 58.6 Å². The minimum Gasteiger partial charge on any atom is -0.497 e. The molecule has 0 aliphatic heterocycles. The van der Waals surface area contributed by atoms with Crippen molar-refractivity contribution in [1.82, 2.24) is 10.2 Å². The number of methoxy groups -OCH3 is 2. The summed E-state index contributed by atoms with van der Waals surface area (Å²) in [5, 5.41) is 3.81. The zero-order valence-electron chi connectivity index (χ0n) is 20.6. The van der Waals surface area contributed by atoms with Gasteiger partial charge in [-0.2, -0.15) is 0 Å². The number of alkyl halides is 1. The zero-order valence-corrected chi connectivity index (χ0v) is 22.1. The standard InChI is InChI=1S/C27H34Cl2N2O4/c1-18-8-10-20(11-9-18)30-27(33)26(22-16-21(34-2)12-13-24(22)35-3)31(25(32)17-28)15-14-19-6-4-5-7-23(19)29/h4-7,12-13,16,18,20,26H,8-11,14-15,17H2,1-3H3,(H,30,33). The molecule has 8 heteroatoms. The van der Waals surface area contributed by atoms with Crippen molar-refractivity contribution in [2.24, 2.45) is 5.92 Å². The van der Waals surface area contributed by atoms with Crippen LogP contribution in [0.4, 0.5) is 0 Å². The maximum Gasteiger partial charge on any atom is 0.247 e. The molecule has 0 saturated heterocycles. The minimum atomic E-state index is -0.937. The first-order valence-corrected chi connectivity index (χ1v) is 12.9. The van der Waals surface area contributed by atoms with Crippen molar-refractivity contribution >= 4 is 35.0 Å². The normalized spacial score (nSPS) is 18.4. The molecule has 1 fully saturated rings. The summed E-state index contributed by atoms with van der Waals surface area (Å²) in [6.45, 7) is 2.49. The molecular formula is C27H34Cl2N2O4. The number of nitrogens with one attached hydrogen (secondary N) is 1. The van der Waals surface area contributed by atoms with Crippen molar-refractivity contribution in [2.75, 3.05) is 26.6 Å². The average molecular weight is 521 g/mol. The average Bonchev–Trinajstić information content (AvgIpc) is 2.87. The van der Waals surface area contributed by atoms with Crippen LogP contribution in [-0.4, -0.2) is 49.4 Å². The van der Waals surface area contributed by atoms with E-state index < -0.39 is 6.04 Å². The van der Waals surface area contributed by atoms with Crippen LogP contribution in [0.1, 0.15) is 49.8 Å². The van der Waals surface area contributed by atoms with Crippen molar-refractivity contribution < 1.29 is 19.1 Å². The molecule has 1 N–H and O–H groups in total. The smallest absolute Gasteiger partial charge is 0.247 e. The van der Waals surface area contributed by atoms with Gasteiger partial charge in [-0.25, -0.2) is 0 Å². The summed E-state index contributed by atoms with van der Waals surface area (Å²) in [4.78, 5) is 28.5. The lowest BCUT2D eigenvalue weighted by Crippen LogP contribution is -2.48. The van der Waals surface area contributed by atoms with Gasteiger partial charge >= 0.3 is 0 Å². The van der Waals surface area contributed by atoms with Gasteiger partial charge < -0.3 is 19.7 Å². The Kier molecular flexibility index (Phi) is 10.1. The first-order valence-electron chi connectivity index (χ1n) is 12.0. The van der Waals surface area contributed by atoms with Gasteiger partial charge in [-0.15, -0.1) is 11.6 Å². The van der Waals surface area contributed by atoms with Gasteiger partial charge in [-0.05, 0) is 67.9 Å². The van der Waals surface area contributed by atoms with E-state index in [1.165, 1.54) is 4.90 Å². The molecule has 1 aliphatic carbocycles. The number of rotatable bonds is 10. The topological polar surface area (TPSA) is 67.9 Å². The van der Waals surface area contributed by atoms with E-state index in [-0.39, 0.29) is 30.3 Å². The van der Waals surface area contributed by atoms with Crippen LogP contribution >= 0.6 is 23.2 Å². The van der Waals surface area contributed by atoms with Gasteiger partial charge in [-0.3, -0.25) is 9.59 Å². The number of ether oxygens (including phenoxy) is 2. The van der Waals surface area contributed by atoms with Gasteiger partial charge in [0.25, 0.3) is 0 Å². The van der Waals surface area contributed by atoms with Crippen molar-refractivity contribution in [2.45, 2.75) is 51.1 Å². The van der Waals surface area contributed by atoms with Crippen LogP contribution < -0.4 is 14.8 Å². The quantitative estimate of drug-likeness (QED) is 0.425. The van der Waals surface area contributed by atoms with Gasteiger partial charge in [0.15, 0.2) is 0 Å². The fraction of sp³-hybridized carbons (Fsp3) is 0.481. The Labute approximate surface area is 217 Å². The first-order chi connectivity index (χ1) is 16.9. The lowest BCUT2D eigenvalue weighted by molar-refractivity contribution is -0.139. The van der Waals surface area contributed by atoms with Gasteiger partial charge in [0.2, 0.25) is 11.8 Å². The second kappa shape index (κ2) is 13.0. The van der Waals surface area contributed by atoms with E-state index in [0.717, 1.165) is 31.2 Å². The molecule has 0 aromatic heterocycles. The Hall–Kier alpha value is -2.44. The van der Waals surface area contributed by atoms with Gasteiger partial charge in [0.1, 0.15) is 23.4 Å². The van der Waals surface area contributed by atoms with Crippen LogP contribution in [0.3, 0.4) is 0 Å². The Bertz CT molecular complexity index is 1010. The molecule has 1 aliphatic rings. The summed E-state index contributed by atoms with van der Waals surface area (Å²) in [5.74, 6) is 0.861. The molecule has 0 radical (unpaired) electrons. The third-order valence-corrected chi connectivity index (χ3v) is 7.27. The lowest BCUT2D eigenvalue weighted by Gasteiger charge is -2.34. The SMILES string of the molecule is COc1ccc(OC)c(C(C(=O)NC2CCC(C)CC2)N(CCc2ccccc2Cl)C(=O)CCl)c1. The number of hydrogen-bond donors (Lipinski definition) is 1. The summed E-state index contributed by atoms with van der Waals surface area (Å²) < 4.78 is 11.0. The van der Waals surface area contributed by atoms with Gasteiger partial charge in [0.05, 0.1) is 14.2 Å². The monoisotopic (exact) mass is 520 g/mol. The zero-order chi connectivity index (χ0) is 25.4. The van der Waals surface area contributed by atoms with Gasteiger partial charge in [0, 0.05) is 23.2 Å².